The standard InChI is InChI=1S/C18H19N3O6/c1-4-27-16(24)14-9-18(21(19-14)11(2)22)10-15(23)20(17(18)25)12-6-5-7-13(8-12)26-3/h5-9,19H,4,10H2,1-3H3/t18-/m0/s1. The maximum Gasteiger partial charge on any atom is 0.355 e. The van der Waals surface area contributed by atoms with Crippen molar-refractivity contribution in [3.8, 4) is 5.75 Å². The van der Waals surface area contributed by atoms with Crippen LogP contribution in [-0.2, 0) is 23.9 Å². The topological polar surface area (TPSA) is 105 Å². The fourth-order valence-electron chi connectivity index (χ4n) is 3.22. The molecule has 142 valence electrons. The van der Waals surface area contributed by atoms with Crippen molar-refractivity contribution in [2.45, 2.75) is 25.8 Å². The van der Waals surface area contributed by atoms with Crippen LogP contribution in [-0.4, -0.2) is 48.0 Å². The van der Waals surface area contributed by atoms with Gasteiger partial charge in [0.15, 0.2) is 5.54 Å². The third-order valence-corrected chi connectivity index (χ3v) is 4.38. The van der Waals surface area contributed by atoms with Gasteiger partial charge in [0.1, 0.15) is 11.4 Å². The lowest BCUT2D eigenvalue weighted by molar-refractivity contribution is -0.144. The number of methoxy groups -OCH3 is 1. The van der Waals surface area contributed by atoms with E-state index in [4.69, 9.17) is 9.47 Å². The fraction of sp³-hybridized carbons (Fsp3) is 0.333. The van der Waals surface area contributed by atoms with Crippen LogP contribution in [0.2, 0.25) is 0 Å². The number of ether oxygens (including phenoxy) is 2. The first-order valence-corrected chi connectivity index (χ1v) is 8.33. The van der Waals surface area contributed by atoms with Crippen molar-refractivity contribution in [2.75, 3.05) is 18.6 Å². The van der Waals surface area contributed by atoms with E-state index in [9.17, 15) is 19.2 Å². The summed E-state index contributed by atoms with van der Waals surface area (Å²) in [6, 6.07) is 6.47. The monoisotopic (exact) mass is 373 g/mol. The fourth-order valence-corrected chi connectivity index (χ4v) is 3.22. The van der Waals surface area contributed by atoms with E-state index in [-0.39, 0.29) is 18.7 Å². The number of carbonyl (C=O) groups excluding carboxylic acids is 4. The van der Waals surface area contributed by atoms with E-state index in [0.29, 0.717) is 11.4 Å². The molecule has 0 bridgehead atoms. The third kappa shape index (κ3) is 2.90. The van der Waals surface area contributed by atoms with Gasteiger partial charge in [-0.25, -0.2) is 14.7 Å². The Morgan fingerprint density at radius 3 is 2.67 bits per heavy atom. The predicted octanol–water partition coefficient (Wildman–Crippen LogP) is 0.511. The summed E-state index contributed by atoms with van der Waals surface area (Å²) in [7, 11) is 1.47. The van der Waals surface area contributed by atoms with Gasteiger partial charge >= 0.3 is 5.97 Å². The minimum Gasteiger partial charge on any atom is -0.497 e. The summed E-state index contributed by atoms with van der Waals surface area (Å²) in [5.74, 6) is -1.88. The van der Waals surface area contributed by atoms with Gasteiger partial charge in [-0.2, -0.15) is 0 Å². The molecule has 1 atom stereocenters. The van der Waals surface area contributed by atoms with Crippen molar-refractivity contribution in [3.63, 3.8) is 0 Å². The number of carbonyl (C=O) groups is 4. The van der Waals surface area contributed by atoms with Crippen molar-refractivity contribution < 1.29 is 28.7 Å². The van der Waals surface area contributed by atoms with Crippen LogP contribution >= 0.6 is 0 Å². The summed E-state index contributed by atoms with van der Waals surface area (Å²) in [5, 5.41) is 1.000. The molecule has 3 amide bonds. The number of anilines is 1. The summed E-state index contributed by atoms with van der Waals surface area (Å²) in [5.41, 5.74) is 1.25. The van der Waals surface area contributed by atoms with E-state index in [1.165, 1.54) is 20.1 Å². The first-order valence-electron chi connectivity index (χ1n) is 8.33. The van der Waals surface area contributed by atoms with Crippen LogP contribution in [0.25, 0.3) is 0 Å². The summed E-state index contributed by atoms with van der Waals surface area (Å²) in [6.07, 6.45) is 0.991. The maximum absolute atomic E-state index is 13.2. The number of nitrogens with zero attached hydrogens (tertiary/aromatic N) is 2. The van der Waals surface area contributed by atoms with E-state index < -0.39 is 29.2 Å². The number of rotatable bonds is 4. The van der Waals surface area contributed by atoms with Crippen molar-refractivity contribution in [3.05, 3.63) is 36.0 Å². The number of benzene rings is 1. The molecule has 0 aromatic heterocycles. The molecule has 9 heteroatoms. The second kappa shape index (κ2) is 6.75. The molecule has 1 aromatic rings. The molecule has 0 aliphatic carbocycles. The molecule has 0 radical (unpaired) electrons. The molecule has 1 fully saturated rings. The van der Waals surface area contributed by atoms with Crippen molar-refractivity contribution >= 4 is 29.4 Å². The lowest BCUT2D eigenvalue weighted by atomic mass is 9.96. The van der Waals surface area contributed by atoms with Crippen molar-refractivity contribution in [2.24, 2.45) is 0 Å². The Labute approximate surface area is 155 Å². The minimum atomic E-state index is -1.62. The Balaban J connectivity index is 2.03. The van der Waals surface area contributed by atoms with Gasteiger partial charge in [0, 0.05) is 13.0 Å². The number of hydrogen-bond acceptors (Lipinski definition) is 7. The first kappa shape index (κ1) is 18.4. The Bertz CT molecular complexity index is 864. The maximum atomic E-state index is 13.2. The molecule has 2 aliphatic rings. The van der Waals surface area contributed by atoms with Crippen LogP contribution in [0.1, 0.15) is 20.3 Å². The largest absolute Gasteiger partial charge is 0.497 e. The molecule has 0 saturated carbocycles. The Kier molecular flexibility index (Phi) is 4.61. The highest BCUT2D eigenvalue weighted by Gasteiger charge is 2.59. The molecule has 1 N–H and O–H groups in total. The zero-order chi connectivity index (χ0) is 19.8. The van der Waals surface area contributed by atoms with Crippen LogP contribution < -0.4 is 15.1 Å². The molecule has 27 heavy (non-hydrogen) atoms. The zero-order valence-electron chi connectivity index (χ0n) is 15.1. The molecule has 3 rings (SSSR count). The van der Waals surface area contributed by atoms with Gasteiger partial charge in [-0.3, -0.25) is 19.8 Å². The van der Waals surface area contributed by atoms with E-state index in [1.807, 2.05) is 0 Å². The van der Waals surface area contributed by atoms with Crippen LogP contribution in [0.4, 0.5) is 5.69 Å². The highest BCUT2D eigenvalue weighted by atomic mass is 16.5. The quantitative estimate of drug-likeness (QED) is 0.606. The third-order valence-electron chi connectivity index (χ3n) is 4.38. The molecule has 1 aromatic carbocycles. The molecule has 2 aliphatic heterocycles. The second-order valence-corrected chi connectivity index (χ2v) is 6.08. The Hall–Kier alpha value is -3.36. The van der Waals surface area contributed by atoms with Crippen molar-refractivity contribution in [1.82, 2.24) is 10.4 Å². The summed E-state index contributed by atoms with van der Waals surface area (Å²) >= 11 is 0. The second-order valence-electron chi connectivity index (χ2n) is 6.08. The molecule has 1 spiro atoms. The lowest BCUT2D eigenvalue weighted by Crippen LogP contribution is -2.56. The molecular weight excluding hydrogens is 354 g/mol. The first-order chi connectivity index (χ1) is 12.8. The van der Waals surface area contributed by atoms with Crippen LogP contribution in [0.15, 0.2) is 36.0 Å². The zero-order valence-corrected chi connectivity index (χ0v) is 15.1. The number of amides is 3. The number of esters is 1. The highest BCUT2D eigenvalue weighted by molar-refractivity contribution is 6.26. The lowest BCUT2D eigenvalue weighted by Gasteiger charge is -2.30. The average Bonchev–Trinajstić information content (AvgIpc) is 3.14. The SMILES string of the molecule is CCOC(=O)C1=C[C@@]2(CC(=O)N(c3cccc(OC)c3)C2=O)N(C(C)=O)N1. The minimum absolute atomic E-state index is 0.0549. The Morgan fingerprint density at radius 1 is 1.30 bits per heavy atom. The van der Waals surface area contributed by atoms with Gasteiger partial charge in [0.25, 0.3) is 5.91 Å². The van der Waals surface area contributed by atoms with Gasteiger partial charge in [-0.15, -0.1) is 0 Å². The van der Waals surface area contributed by atoms with Gasteiger partial charge in [0.05, 0.1) is 25.8 Å². The normalized spacial score (nSPS) is 21.4. The number of hydrogen-bond donors (Lipinski definition) is 1. The number of imide groups is 1. The van der Waals surface area contributed by atoms with E-state index >= 15 is 0 Å². The van der Waals surface area contributed by atoms with E-state index in [0.717, 1.165) is 9.91 Å². The Morgan fingerprint density at radius 2 is 2.04 bits per heavy atom. The molecular formula is C18H19N3O6. The van der Waals surface area contributed by atoms with Crippen LogP contribution in [0, 0.1) is 0 Å². The van der Waals surface area contributed by atoms with E-state index in [1.54, 1.807) is 31.2 Å². The van der Waals surface area contributed by atoms with Gasteiger partial charge in [0.2, 0.25) is 11.8 Å². The molecule has 0 unspecified atom stereocenters. The summed E-state index contributed by atoms with van der Waals surface area (Å²) in [6.45, 7) is 3.01. The average molecular weight is 373 g/mol. The van der Waals surface area contributed by atoms with E-state index in [2.05, 4.69) is 5.43 Å². The van der Waals surface area contributed by atoms with Crippen LogP contribution in [0.5, 0.6) is 5.75 Å². The number of hydrazine groups is 1. The van der Waals surface area contributed by atoms with Gasteiger partial charge < -0.3 is 9.47 Å². The smallest absolute Gasteiger partial charge is 0.355 e. The molecule has 9 nitrogen and oxygen atoms in total. The summed E-state index contributed by atoms with van der Waals surface area (Å²) < 4.78 is 10.1. The molecule has 1 saturated heterocycles. The van der Waals surface area contributed by atoms with Crippen molar-refractivity contribution in [1.29, 1.82) is 0 Å². The number of nitrogens with one attached hydrogen (secondary N) is 1. The highest BCUT2D eigenvalue weighted by Crippen LogP contribution is 2.38. The molecule has 2 heterocycles. The predicted molar refractivity (Wildman–Crippen MR) is 93.2 cm³/mol. The van der Waals surface area contributed by atoms with Crippen LogP contribution in [0.3, 0.4) is 0 Å². The van der Waals surface area contributed by atoms with Gasteiger partial charge in [-0.1, -0.05) is 6.07 Å². The summed E-state index contributed by atoms with van der Waals surface area (Å²) in [4.78, 5) is 51.0. The van der Waals surface area contributed by atoms with Gasteiger partial charge in [-0.05, 0) is 25.1 Å².